The average molecular weight is 437 g/mol. The van der Waals surface area contributed by atoms with E-state index in [0.29, 0.717) is 25.8 Å². The lowest BCUT2D eigenvalue weighted by molar-refractivity contribution is -0.148. The highest BCUT2D eigenvalue weighted by Crippen LogP contribution is 2.12. The highest BCUT2D eigenvalue weighted by atomic mass is 16.5. The van der Waals surface area contributed by atoms with E-state index in [2.05, 4.69) is 15.4 Å². The normalized spacial score (nSPS) is 12.2. The SMILES string of the molecule is COC(=O)C[C@@H](C)[C@H](NC(=O)CCCCCNC(=O)OCc1ccccc1)C(=O)OC. The lowest BCUT2D eigenvalue weighted by Crippen LogP contribution is -2.46. The molecule has 2 atom stereocenters. The molecule has 0 aliphatic carbocycles. The molecule has 0 radical (unpaired) electrons. The molecule has 0 fully saturated rings. The number of hydrogen-bond donors (Lipinski definition) is 2. The third-order valence-corrected chi connectivity index (χ3v) is 4.62. The predicted molar refractivity (Wildman–Crippen MR) is 113 cm³/mol. The topological polar surface area (TPSA) is 120 Å². The van der Waals surface area contributed by atoms with E-state index in [0.717, 1.165) is 5.56 Å². The van der Waals surface area contributed by atoms with Crippen LogP contribution < -0.4 is 10.6 Å². The lowest BCUT2D eigenvalue weighted by Gasteiger charge is -2.22. The van der Waals surface area contributed by atoms with Crippen LogP contribution in [-0.4, -0.2) is 50.7 Å². The van der Waals surface area contributed by atoms with Gasteiger partial charge in [-0.15, -0.1) is 0 Å². The van der Waals surface area contributed by atoms with E-state index >= 15 is 0 Å². The van der Waals surface area contributed by atoms with Gasteiger partial charge in [0, 0.05) is 13.0 Å². The van der Waals surface area contributed by atoms with Crippen molar-refractivity contribution in [1.29, 1.82) is 0 Å². The van der Waals surface area contributed by atoms with Gasteiger partial charge in [0.2, 0.25) is 5.91 Å². The third kappa shape index (κ3) is 11.0. The highest BCUT2D eigenvalue weighted by Gasteiger charge is 2.29. The van der Waals surface area contributed by atoms with Crippen molar-refractivity contribution in [2.45, 2.75) is 51.7 Å². The van der Waals surface area contributed by atoms with Gasteiger partial charge in [-0.2, -0.15) is 0 Å². The summed E-state index contributed by atoms with van der Waals surface area (Å²) in [5, 5.41) is 5.30. The van der Waals surface area contributed by atoms with Crippen LogP contribution in [0.25, 0.3) is 0 Å². The monoisotopic (exact) mass is 436 g/mol. The Bertz CT molecular complexity index is 709. The van der Waals surface area contributed by atoms with E-state index in [1.807, 2.05) is 30.3 Å². The van der Waals surface area contributed by atoms with Gasteiger partial charge in [0.1, 0.15) is 12.6 Å². The Morgan fingerprint density at radius 3 is 2.32 bits per heavy atom. The molecule has 0 aliphatic heterocycles. The number of unbranched alkanes of at least 4 members (excludes halogenated alkanes) is 2. The van der Waals surface area contributed by atoms with Gasteiger partial charge in [-0.25, -0.2) is 9.59 Å². The zero-order valence-corrected chi connectivity index (χ0v) is 18.3. The number of ether oxygens (including phenoxy) is 3. The fourth-order valence-electron chi connectivity index (χ4n) is 2.82. The number of nitrogens with one attached hydrogen (secondary N) is 2. The number of methoxy groups -OCH3 is 2. The summed E-state index contributed by atoms with van der Waals surface area (Å²) in [6, 6.07) is 8.47. The number of alkyl carbamates (subject to hydrolysis) is 1. The molecule has 9 heteroatoms. The van der Waals surface area contributed by atoms with Crippen molar-refractivity contribution in [3.05, 3.63) is 35.9 Å². The first-order valence-electron chi connectivity index (χ1n) is 10.3. The summed E-state index contributed by atoms with van der Waals surface area (Å²) in [7, 11) is 2.49. The van der Waals surface area contributed by atoms with Crippen molar-refractivity contribution in [2.75, 3.05) is 20.8 Å². The fraction of sp³-hybridized carbons (Fsp3) is 0.545. The smallest absolute Gasteiger partial charge is 0.407 e. The second kappa shape index (κ2) is 14.8. The van der Waals surface area contributed by atoms with Crippen molar-refractivity contribution >= 4 is 23.9 Å². The zero-order chi connectivity index (χ0) is 23.1. The molecule has 31 heavy (non-hydrogen) atoms. The highest BCUT2D eigenvalue weighted by molar-refractivity contribution is 5.85. The van der Waals surface area contributed by atoms with E-state index in [1.54, 1.807) is 6.92 Å². The number of carbonyl (C=O) groups excluding carboxylic acids is 4. The van der Waals surface area contributed by atoms with E-state index in [4.69, 9.17) is 9.47 Å². The van der Waals surface area contributed by atoms with Crippen LogP contribution in [0, 0.1) is 5.92 Å². The molecule has 0 spiro atoms. The molecule has 0 unspecified atom stereocenters. The third-order valence-electron chi connectivity index (χ3n) is 4.62. The zero-order valence-electron chi connectivity index (χ0n) is 18.3. The van der Waals surface area contributed by atoms with E-state index < -0.39 is 30.0 Å². The van der Waals surface area contributed by atoms with Crippen LogP contribution in [0.5, 0.6) is 0 Å². The summed E-state index contributed by atoms with van der Waals surface area (Å²) in [5.74, 6) is -1.84. The molecule has 0 aliphatic rings. The molecular formula is C22H32N2O7. The van der Waals surface area contributed by atoms with E-state index in [-0.39, 0.29) is 25.4 Å². The number of esters is 2. The maximum Gasteiger partial charge on any atom is 0.407 e. The largest absolute Gasteiger partial charge is 0.469 e. The Morgan fingerprint density at radius 1 is 0.968 bits per heavy atom. The van der Waals surface area contributed by atoms with Gasteiger partial charge >= 0.3 is 18.0 Å². The molecule has 0 heterocycles. The lowest BCUT2D eigenvalue weighted by atomic mass is 9.98. The standard InChI is InChI=1S/C22H32N2O7/c1-16(14-19(26)29-2)20(21(27)30-3)24-18(25)12-8-5-9-13-23-22(28)31-15-17-10-6-4-7-11-17/h4,6-7,10-11,16,20H,5,8-9,12-15H2,1-3H3,(H,23,28)(H,24,25)/t16-,20+/m1/s1. The molecule has 1 rings (SSSR count). The molecule has 0 saturated heterocycles. The first-order chi connectivity index (χ1) is 14.9. The maximum atomic E-state index is 12.2. The van der Waals surface area contributed by atoms with Crippen LogP contribution in [0.3, 0.4) is 0 Å². The van der Waals surface area contributed by atoms with Gasteiger partial charge in [0.15, 0.2) is 0 Å². The molecule has 0 saturated carbocycles. The Kier molecular flexibility index (Phi) is 12.4. The van der Waals surface area contributed by atoms with E-state index in [9.17, 15) is 19.2 Å². The van der Waals surface area contributed by atoms with Gasteiger partial charge in [0.25, 0.3) is 0 Å². The number of amides is 2. The Morgan fingerprint density at radius 2 is 1.68 bits per heavy atom. The second-order valence-electron chi connectivity index (χ2n) is 7.13. The quantitative estimate of drug-likeness (QED) is 0.277. The molecular weight excluding hydrogens is 404 g/mol. The molecule has 172 valence electrons. The Balaban J connectivity index is 2.22. The molecule has 2 amide bonds. The van der Waals surface area contributed by atoms with Gasteiger partial charge in [0.05, 0.1) is 20.6 Å². The van der Waals surface area contributed by atoms with Crippen molar-refractivity contribution in [1.82, 2.24) is 10.6 Å². The van der Waals surface area contributed by atoms with Crippen LogP contribution in [0.4, 0.5) is 4.79 Å². The number of carbonyl (C=O) groups is 4. The van der Waals surface area contributed by atoms with Crippen LogP contribution in [0.15, 0.2) is 30.3 Å². The first-order valence-corrected chi connectivity index (χ1v) is 10.3. The molecule has 9 nitrogen and oxygen atoms in total. The minimum absolute atomic E-state index is 0.0113. The molecule has 2 N–H and O–H groups in total. The predicted octanol–water partition coefficient (Wildman–Crippen LogP) is 2.33. The summed E-state index contributed by atoms with van der Waals surface area (Å²) < 4.78 is 14.4. The molecule has 0 aromatic heterocycles. The number of hydrogen-bond acceptors (Lipinski definition) is 7. The summed E-state index contributed by atoms with van der Waals surface area (Å²) in [5.41, 5.74) is 0.912. The van der Waals surface area contributed by atoms with Crippen LogP contribution >= 0.6 is 0 Å². The average Bonchev–Trinajstić information content (AvgIpc) is 2.78. The van der Waals surface area contributed by atoms with Crippen molar-refractivity contribution in [3.63, 3.8) is 0 Å². The maximum absolute atomic E-state index is 12.2. The van der Waals surface area contributed by atoms with Crippen molar-refractivity contribution < 1.29 is 33.4 Å². The van der Waals surface area contributed by atoms with Crippen LogP contribution in [-0.2, 0) is 35.2 Å². The summed E-state index contributed by atoms with van der Waals surface area (Å²) in [6.07, 6.45) is 1.72. The van der Waals surface area contributed by atoms with Gasteiger partial charge in [-0.05, 0) is 24.3 Å². The van der Waals surface area contributed by atoms with Gasteiger partial charge in [-0.1, -0.05) is 43.7 Å². The van der Waals surface area contributed by atoms with E-state index in [1.165, 1.54) is 14.2 Å². The second-order valence-corrected chi connectivity index (χ2v) is 7.13. The molecule has 1 aromatic carbocycles. The van der Waals surface area contributed by atoms with Crippen LogP contribution in [0.1, 0.15) is 44.6 Å². The minimum Gasteiger partial charge on any atom is -0.469 e. The molecule has 0 bridgehead atoms. The first kappa shape index (κ1) is 25.9. The number of rotatable bonds is 13. The fourth-order valence-corrected chi connectivity index (χ4v) is 2.82. The number of benzene rings is 1. The van der Waals surface area contributed by atoms with Gasteiger partial charge in [-0.3, -0.25) is 9.59 Å². The summed E-state index contributed by atoms with van der Waals surface area (Å²) in [6.45, 7) is 2.32. The Hall–Kier alpha value is -3.10. The van der Waals surface area contributed by atoms with Crippen molar-refractivity contribution in [3.8, 4) is 0 Å². The van der Waals surface area contributed by atoms with Crippen LogP contribution in [0.2, 0.25) is 0 Å². The Labute approximate surface area is 182 Å². The van der Waals surface area contributed by atoms with Gasteiger partial charge < -0.3 is 24.8 Å². The summed E-state index contributed by atoms with van der Waals surface area (Å²) in [4.78, 5) is 47.2. The minimum atomic E-state index is -0.919. The summed E-state index contributed by atoms with van der Waals surface area (Å²) >= 11 is 0. The van der Waals surface area contributed by atoms with Crippen molar-refractivity contribution in [2.24, 2.45) is 5.92 Å². The molecule has 1 aromatic rings.